The van der Waals surface area contributed by atoms with Gasteiger partial charge in [-0.2, -0.15) is 0 Å². The van der Waals surface area contributed by atoms with E-state index in [1.54, 1.807) is 24.3 Å². The van der Waals surface area contributed by atoms with Crippen LogP contribution in [-0.4, -0.2) is 5.91 Å². The van der Waals surface area contributed by atoms with Gasteiger partial charge in [0, 0.05) is 11.3 Å². The van der Waals surface area contributed by atoms with Crippen molar-refractivity contribution in [2.24, 2.45) is 0 Å². The van der Waals surface area contributed by atoms with E-state index in [1.165, 1.54) is 0 Å². The fourth-order valence-electron chi connectivity index (χ4n) is 1.97. The molecule has 3 nitrogen and oxygen atoms in total. The van der Waals surface area contributed by atoms with Crippen LogP contribution in [0.5, 0.6) is 11.5 Å². The number of carbonyl (C=O) groups excluding carboxylic acids is 1. The first-order chi connectivity index (χ1) is 10.8. The van der Waals surface area contributed by atoms with Gasteiger partial charge in [0.05, 0.1) is 0 Å². The van der Waals surface area contributed by atoms with Gasteiger partial charge in [-0.05, 0) is 54.6 Å². The van der Waals surface area contributed by atoms with Gasteiger partial charge < -0.3 is 10.1 Å². The second-order valence-corrected chi connectivity index (χ2v) is 4.68. The third kappa shape index (κ3) is 3.52. The second kappa shape index (κ2) is 6.59. The summed E-state index contributed by atoms with van der Waals surface area (Å²) in [4.78, 5) is 12.0. The Morgan fingerprint density at radius 3 is 2.14 bits per heavy atom. The van der Waals surface area contributed by atoms with Crippen LogP contribution >= 0.6 is 0 Å². The molecule has 3 aromatic rings. The molecule has 0 aliphatic heterocycles. The van der Waals surface area contributed by atoms with Gasteiger partial charge in [0.2, 0.25) is 0 Å². The summed E-state index contributed by atoms with van der Waals surface area (Å²) in [6, 6.07) is 26.6. The van der Waals surface area contributed by atoms with Crippen molar-refractivity contribution < 1.29 is 9.53 Å². The van der Waals surface area contributed by atoms with Crippen LogP contribution in [0.2, 0.25) is 0 Å². The van der Waals surface area contributed by atoms with Gasteiger partial charge >= 0.3 is 0 Å². The summed E-state index contributed by atoms with van der Waals surface area (Å²) >= 11 is 0. The molecule has 3 heteroatoms. The molecule has 0 aromatic heterocycles. The van der Waals surface area contributed by atoms with Crippen LogP contribution in [0, 0.1) is 6.07 Å². The third-order valence-corrected chi connectivity index (χ3v) is 3.07. The Labute approximate surface area is 129 Å². The van der Waals surface area contributed by atoms with Crippen LogP contribution in [0.1, 0.15) is 10.4 Å². The highest BCUT2D eigenvalue weighted by molar-refractivity contribution is 6.04. The van der Waals surface area contributed by atoms with E-state index in [9.17, 15) is 4.79 Å². The highest BCUT2D eigenvalue weighted by Crippen LogP contribution is 2.22. The fourth-order valence-corrected chi connectivity index (χ4v) is 1.97. The first-order valence-electron chi connectivity index (χ1n) is 6.92. The molecule has 0 spiro atoms. The highest BCUT2D eigenvalue weighted by Gasteiger charge is 2.05. The third-order valence-electron chi connectivity index (χ3n) is 3.07. The standard InChI is InChI=1S/C19H14NO2/c21-19(15-7-3-1-4-8-15)20-16-11-13-18(14-12-16)22-17-9-5-2-6-10-17/h1,3-14H,(H,20,21). The second-order valence-electron chi connectivity index (χ2n) is 4.68. The summed E-state index contributed by atoms with van der Waals surface area (Å²) in [6.45, 7) is 0. The van der Waals surface area contributed by atoms with E-state index in [-0.39, 0.29) is 5.91 Å². The lowest BCUT2D eigenvalue weighted by atomic mass is 10.2. The van der Waals surface area contributed by atoms with E-state index in [0.717, 1.165) is 11.4 Å². The van der Waals surface area contributed by atoms with Gasteiger partial charge in [-0.15, -0.1) is 0 Å². The molecule has 3 rings (SSSR count). The van der Waals surface area contributed by atoms with E-state index in [0.29, 0.717) is 11.3 Å². The van der Waals surface area contributed by atoms with Crippen LogP contribution in [0.15, 0.2) is 78.9 Å². The Morgan fingerprint density at radius 2 is 1.45 bits per heavy atom. The predicted molar refractivity (Wildman–Crippen MR) is 86.2 cm³/mol. The van der Waals surface area contributed by atoms with E-state index < -0.39 is 0 Å². The molecule has 0 fully saturated rings. The number of amides is 1. The summed E-state index contributed by atoms with van der Waals surface area (Å²) in [6.07, 6.45) is 0. The number of rotatable bonds is 4. The summed E-state index contributed by atoms with van der Waals surface area (Å²) < 4.78 is 5.69. The lowest BCUT2D eigenvalue weighted by Crippen LogP contribution is -2.11. The lowest BCUT2D eigenvalue weighted by Gasteiger charge is -2.08. The molecule has 0 saturated heterocycles. The largest absolute Gasteiger partial charge is 0.457 e. The molecule has 0 aliphatic carbocycles. The maximum absolute atomic E-state index is 12.0. The normalized spacial score (nSPS) is 10.0. The van der Waals surface area contributed by atoms with Crippen LogP contribution in [-0.2, 0) is 0 Å². The molecule has 3 aromatic carbocycles. The number of ether oxygens (including phenoxy) is 1. The van der Waals surface area contributed by atoms with Crippen molar-refractivity contribution in [1.29, 1.82) is 0 Å². The first kappa shape index (κ1) is 13.9. The molecule has 1 N–H and O–H groups in total. The summed E-state index contributed by atoms with van der Waals surface area (Å²) in [5.41, 5.74) is 1.35. The van der Waals surface area contributed by atoms with Crippen molar-refractivity contribution in [1.82, 2.24) is 0 Å². The molecule has 0 unspecified atom stereocenters. The monoisotopic (exact) mass is 288 g/mol. The van der Waals surface area contributed by atoms with Gasteiger partial charge in [0.25, 0.3) is 5.91 Å². The predicted octanol–water partition coefficient (Wildman–Crippen LogP) is 4.53. The molecule has 0 heterocycles. The summed E-state index contributed by atoms with van der Waals surface area (Å²) in [5.74, 6) is 1.33. The SMILES string of the molecule is O=C(Nc1ccc(Oc2cc[c]cc2)cc1)c1ccccc1. The Kier molecular flexibility index (Phi) is 4.16. The van der Waals surface area contributed by atoms with E-state index >= 15 is 0 Å². The zero-order chi connectivity index (χ0) is 15.2. The molecule has 22 heavy (non-hydrogen) atoms. The number of nitrogens with one attached hydrogen (secondary N) is 1. The Balaban J connectivity index is 1.66. The van der Waals surface area contributed by atoms with Crippen molar-refractivity contribution >= 4 is 11.6 Å². The molecule has 107 valence electrons. The minimum atomic E-state index is -0.132. The minimum absolute atomic E-state index is 0.132. The Hall–Kier alpha value is -3.07. The highest BCUT2D eigenvalue weighted by atomic mass is 16.5. The molecule has 0 saturated carbocycles. The number of hydrogen-bond acceptors (Lipinski definition) is 2. The summed E-state index contributed by atoms with van der Waals surface area (Å²) in [7, 11) is 0. The van der Waals surface area contributed by atoms with Crippen molar-refractivity contribution in [2.75, 3.05) is 5.32 Å². The van der Waals surface area contributed by atoms with Gasteiger partial charge in [-0.1, -0.05) is 30.3 Å². The van der Waals surface area contributed by atoms with E-state index in [1.807, 2.05) is 54.6 Å². The van der Waals surface area contributed by atoms with E-state index in [4.69, 9.17) is 4.74 Å². The van der Waals surface area contributed by atoms with Gasteiger partial charge in [-0.25, -0.2) is 0 Å². The van der Waals surface area contributed by atoms with Crippen molar-refractivity contribution in [3.8, 4) is 11.5 Å². The average Bonchev–Trinajstić information content (AvgIpc) is 2.58. The number of hydrogen-bond donors (Lipinski definition) is 1. The first-order valence-corrected chi connectivity index (χ1v) is 6.92. The number of carbonyl (C=O) groups is 1. The van der Waals surface area contributed by atoms with Crippen molar-refractivity contribution in [3.05, 3.63) is 90.5 Å². The molecular formula is C19H14NO2. The molecule has 0 atom stereocenters. The van der Waals surface area contributed by atoms with Crippen molar-refractivity contribution in [2.45, 2.75) is 0 Å². The lowest BCUT2D eigenvalue weighted by molar-refractivity contribution is 0.102. The molecule has 1 amide bonds. The van der Waals surface area contributed by atoms with Crippen LogP contribution in [0.25, 0.3) is 0 Å². The topological polar surface area (TPSA) is 38.3 Å². The van der Waals surface area contributed by atoms with Gasteiger partial charge in [0.15, 0.2) is 0 Å². The van der Waals surface area contributed by atoms with Gasteiger partial charge in [-0.3, -0.25) is 4.79 Å². The van der Waals surface area contributed by atoms with Crippen LogP contribution < -0.4 is 10.1 Å². The minimum Gasteiger partial charge on any atom is -0.457 e. The quantitative estimate of drug-likeness (QED) is 0.766. The zero-order valence-electron chi connectivity index (χ0n) is 11.8. The van der Waals surface area contributed by atoms with E-state index in [2.05, 4.69) is 11.4 Å². The maximum atomic E-state index is 12.0. The zero-order valence-corrected chi connectivity index (χ0v) is 11.8. The van der Waals surface area contributed by atoms with Crippen LogP contribution in [0.3, 0.4) is 0 Å². The molecule has 1 radical (unpaired) electrons. The number of benzene rings is 3. The molecule has 0 bridgehead atoms. The molecule has 0 aliphatic rings. The molecular weight excluding hydrogens is 274 g/mol. The fraction of sp³-hybridized carbons (Fsp3) is 0. The smallest absolute Gasteiger partial charge is 0.255 e. The number of anilines is 1. The van der Waals surface area contributed by atoms with Gasteiger partial charge in [0.1, 0.15) is 11.5 Å². The van der Waals surface area contributed by atoms with Crippen LogP contribution in [0.4, 0.5) is 5.69 Å². The average molecular weight is 288 g/mol. The van der Waals surface area contributed by atoms with Crippen molar-refractivity contribution in [3.63, 3.8) is 0 Å². The Bertz CT molecular complexity index is 737. The Morgan fingerprint density at radius 1 is 0.818 bits per heavy atom. The summed E-state index contributed by atoms with van der Waals surface area (Å²) in [5, 5.41) is 2.85. The maximum Gasteiger partial charge on any atom is 0.255 e.